The minimum Gasteiger partial charge on any atom is -0.352 e. The summed E-state index contributed by atoms with van der Waals surface area (Å²) in [5.41, 5.74) is 2.30. The van der Waals surface area contributed by atoms with E-state index in [0.717, 1.165) is 31.7 Å². The smallest absolute Gasteiger partial charge is 0.226 e. The molecule has 1 saturated heterocycles. The van der Waals surface area contributed by atoms with Gasteiger partial charge in [-0.05, 0) is 31.5 Å². The van der Waals surface area contributed by atoms with Gasteiger partial charge in [-0.15, -0.1) is 0 Å². The van der Waals surface area contributed by atoms with Crippen molar-refractivity contribution in [2.45, 2.75) is 19.9 Å². The van der Waals surface area contributed by atoms with Crippen LogP contribution in [-0.4, -0.2) is 54.8 Å². The predicted octanol–water partition coefficient (Wildman–Crippen LogP) is 1.02. The molecule has 1 N–H and O–H groups in total. The summed E-state index contributed by atoms with van der Waals surface area (Å²) in [4.78, 5) is 28.8. The number of hydrogen-bond acceptors (Lipinski definition) is 3. The molecule has 0 bridgehead atoms. The summed E-state index contributed by atoms with van der Waals surface area (Å²) in [7, 11) is 2.07. The molecule has 2 unspecified atom stereocenters. The first-order valence-electron chi connectivity index (χ1n) is 8.36. The van der Waals surface area contributed by atoms with Gasteiger partial charge < -0.3 is 15.1 Å². The van der Waals surface area contributed by atoms with E-state index in [2.05, 4.69) is 17.3 Å². The number of aryl methyl sites for hydroxylation is 1. The van der Waals surface area contributed by atoms with Crippen LogP contribution in [-0.2, 0) is 16.1 Å². The highest BCUT2D eigenvalue weighted by Crippen LogP contribution is 2.40. The van der Waals surface area contributed by atoms with Gasteiger partial charge >= 0.3 is 0 Å². The largest absolute Gasteiger partial charge is 0.352 e. The van der Waals surface area contributed by atoms with Gasteiger partial charge in [0.15, 0.2) is 0 Å². The lowest BCUT2D eigenvalue weighted by atomic mass is 10.1. The summed E-state index contributed by atoms with van der Waals surface area (Å²) < 4.78 is 0. The van der Waals surface area contributed by atoms with Crippen LogP contribution in [0, 0.1) is 18.8 Å². The summed E-state index contributed by atoms with van der Waals surface area (Å²) >= 11 is 0. The third-order valence-electron chi connectivity index (χ3n) is 4.97. The maximum Gasteiger partial charge on any atom is 0.226 e. The summed E-state index contributed by atoms with van der Waals surface area (Å²) in [5, 5.41) is 2.98. The number of carbonyl (C=O) groups excluding carboxylic acids is 2. The van der Waals surface area contributed by atoms with Crippen LogP contribution in [0.15, 0.2) is 24.3 Å². The van der Waals surface area contributed by atoms with Crippen LogP contribution in [0.25, 0.3) is 0 Å². The molecule has 2 atom stereocenters. The fraction of sp³-hybridized carbons (Fsp3) is 0.556. The average Bonchev–Trinajstić information content (AvgIpc) is 3.34. The van der Waals surface area contributed by atoms with Gasteiger partial charge in [0, 0.05) is 32.7 Å². The predicted molar refractivity (Wildman–Crippen MR) is 88.7 cm³/mol. The molecule has 23 heavy (non-hydrogen) atoms. The van der Waals surface area contributed by atoms with E-state index < -0.39 is 0 Å². The third kappa shape index (κ3) is 3.72. The second-order valence-electron chi connectivity index (χ2n) is 6.72. The van der Waals surface area contributed by atoms with E-state index in [4.69, 9.17) is 0 Å². The molecule has 1 aliphatic heterocycles. The Morgan fingerprint density at radius 1 is 1.13 bits per heavy atom. The van der Waals surface area contributed by atoms with E-state index >= 15 is 0 Å². The molecule has 3 rings (SSSR count). The van der Waals surface area contributed by atoms with E-state index in [0.29, 0.717) is 13.0 Å². The van der Waals surface area contributed by atoms with Crippen molar-refractivity contribution in [1.82, 2.24) is 15.1 Å². The molecule has 1 aromatic carbocycles. The molecule has 2 aliphatic rings. The first kappa shape index (κ1) is 16.0. The molecular formula is C18H25N3O2. The standard InChI is InChI=1S/C18H25N3O2/c1-13-5-3-4-6-14(13)12-19-17(22)15-11-16(15)18(23)21-9-7-20(2)8-10-21/h3-6,15-16H,7-12H2,1-2H3,(H,19,22). The van der Waals surface area contributed by atoms with Crippen molar-refractivity contribution in [1.29, 1.82) is 0 Å². The lowest BCUT2D eigenvalue weighted by Crippen LogP contribution is -2.48. The minimum atomic E-state index is -0.133. The Bertz CT molecular complexity index is 594. The van der Waals surface area contributed by atoms with Crippen molar-refractivity contribution < 1.29 is 9.59 Å². The van der Waals surface area contributed by atoms with Crippen LogP contribution >= 0.6 is 0 Å². The Morgan fingerprint density at radius 2 is 1.83 bits per heavy atom. The molecule has 0 radical (unpaired) electrons. The Kier molecular flexibility index (Phi) is 4.66. The van der Waals surface area contributed by atoms with Crippen molar-refractivity contribution in [2.24, 2.45) is 11.8 Å². The Labute approximate surface area is 137 Å². The SMILES string of the molecule is Cc1ccccc1CNC(=O)C1CC1C(=O)N1CCN(C)CC1. The van der Waals surface area contributed by atoms with Crippen molar-refractivity contribution in [3.63, 3.8) is 0 Å². The molecule has 1 aromatic rings. The number of likely N-dealkylation sites (N-methyl/N-ethyl adjacent to an activating group) is 1. The van der Waals surface area contributed by atoms with Gasteiger partial charge in [0.1, 0.15) is 0 Å². The first-order chi connectivity index (χ1) is 11.1. The fourth-order valence-electron chi connectivity index (χ4n) is 3.14. The lowest BCUT2D eigenvalue weighted by molar-refractivity contribution is -0.136. The number of carbonyl (C=O) groups is 2. The molecule has 1 heterocycles. The minimum absolute atomic E-state index is 0.0146. The van der Waals surface area contributed by atoms with Crippen molar-refractivity contribution in [3.05, 3.63) is 35.4 Å². The summed E-state index contributed by atoms with van der Waals surface area (Å²) in [6.45, 7) is 5.98. The zero-order valence-corrected chi connectivity index (χ0v) is 13.9. The number of nitrogens with zero attached hydrogens (tertiary/aromatic N) is 2. The number of amides is 2. The molecule has 2 fully saturated rings. The molecule has 1 saturated carbocycles. The van der Waals surface area contributed by atoms with E-state index in [1.165, 1.54) is 5.56 Å². The maximum absolute atomic E-state index is 12.4. The third-order valence-corrected chi connectivity index (χ3v) is 4.97. The number of hydrogen-bond donors (Lipinski definition) is 1. The Hall–Kier alpha value is -1.88. The summed E-state index contributed by atoms with van der Waals surface area (Å²) in [5.74, 6) is -0.0590. The van der Waals surface area contributed by atoms with E-state index in [9.17, 15) is 9.59 Å². The van der Waals surface area contributed by atoms with E-state index in [1.54, 1.807) is 0 Å². The highest BCUT2D eigenvalue weighted by Gasteiger charge is 2.49. The zero-order valence-electron chi connectivity index (χ0n) is 13.9. The quantitative estimate of drug-likeness (QED) is 0.903. The van der Waals surface area contributed by atoms with Crippen LogP contribution in [0.3, 0.4) is 0 Å². The molecule has 5 nitrogen and oxygen atoms in total. The van der Waals surface area contributed by atoms with Gasteiger partial charge in [0.05, 0.1) is 11.8 Å². The number of piperazine rings is 1. The van der Waals surface area contributed by atoms with Crippen molar-refractivity contribution in [3.8, 4) is 0 Å². The highest BCUT2D eigenvalue weighted by molar-refractivity contribution is 5.92. The normalized spacial score (nSPS) is 24.3. The molecule has 0 aromatic heterocycles. The number of benzene rings is 1. The van der Waals surface area contributed by atoms with Gasteiger partial charge in [0.2, 0.25) is 11.8 Å². The first-order valence-corrected chi connectivity index (χ1v) is 8.36. The maximum atomic E-state index is 12.4. The topological polar surface area (TPSA) is 52.7 Å². The van der Waals surface area contributed by atoms with Gasteiger partial charge in [-0.25, -0.2) is 0 Å². The molecule has 0 spiro atoms. The Balaban J connectivity index is 1.47. The van der Waals surface area contributed by atoms with Crippen LogP contribution in [0.5, 0.6) is 0 Å². The fourth-order valence-corrected chi connectivity index (χ4v) is 3.14. The molecule has 124 valence electrons. The molecule has 2 amide bonds. The molecular weight excluding hydrogens is 290 g/mol. The zero-order chi connectivity index (χ0) is 16.4. The van der Waals surface area contributed by atoms with E-state index in [-0.39, 0.29) is 23.7 Å². The summed E-state index contributed by atoms with van der Waals surface area (Å²) in [6, 6.07) is 8.03. The van der Waals surface area contributed by atoms with Gasteiger partial charge in [-0.1, -0.05) is 24.3 Å². The van der Waals surface area contributed by atoms with Gasteiger partial charge in [0.25, 0.3) is 0 Å². The highest BCUT2D eigenvalue weighted by atomic mass is 16.2. The summed E-state index contributed by atoms with van der Waals surface area (Å²) in [6.07, 6.45) is 0.699. The van der Waals surface area contributed by atoms with Crippen molar-refractivity contribution >= 4 is 11.8 Å². The average molecular weight is 315 g/mol. The van der Waals surface area contributed by atoms with E-state index in [1.807, 2.05) is 36.1 Å². The van der Waals surface area contributed by atoms with Crippen LogP contribution in [0.1, 0.15) is 17.5 Å². The second kappa shape index (κ2) is 6.71. The van der Waals surface area contributed by atoms with Gasteiger partial charge in [-0.3, -0.25) is 9.59 Å². The van der Waals surface area contributed by atoms with Gasteiger partial charge in [-0.2, -0.15) is 0 Å². The van der Waals surface area contributed by atoms with Crippen molar-refractivity contribution in [2.75, 3.05) is 33.2 Å². The van der Waals surface area contributed by atoms with Crippen LogP contribution < -0.4 is 5.32 Å². The Morgan fingerprint density at radius 3 is 2.52 bits per heavy atom. The molecule has 1 aliphatic carbocycles. The monoisotopic (exact) mass is 315 g/mol. The number of nitrogens with one attached hydrogen (secondary N) is 1. The number of rotatable bonds is 4. The van der Waals surface area contributed by atoms with Crippen LogP contribution in [0.2, 0.25) is 0 Å². The lowest BCUT2D eigenvalue weighted by Gasteiger charge is -2.32. The second-order valence-corrected chi connectivity index (χ2v) is 6.72. The van der Waals surface area contributed by atoms with Crippen LogP contribution in [0.4, 0.5) is 0 Å². The molecule has 5 heteroatoms.